The SMILES string of the molecule is C#CCC1CCC(n2c(-c3ccc(C(=O)c4ccc(CO)cc4)cc3)nc3cnc4[nH]ccc4c32)CC1. The summed E-state index contributed by atoms with van der Waals surface area (Å²) in [4.78, 5) is 25.9. The van der Waals surface area contributed by atoms with Crippen LogP contribution in [0.15, 0.2) is 67.0 Å². The van der Waals surface area contributed by atoms with Crippen molar-refractivity contribution in [1.29, 1.82) is 0 Å². The van der Waals surface area contributed by atoms with E-state index in [1.165, 1.54) is 0 Å². The van der Waals surface area contributed by atoms with E-state index in [1.54, 1.807) is 24.3 Å². The maximum absolute atomic E-state index is 13.0. The first-order valence-corrected chi connectivity index (χ1v) is 12.8. The number of carbonyl (C=O) groups is 1. The van der Waals surface area contributed by atoms with Gasteiger partial charge in [0, 0.05) is 40.7 Å². The Labute approximate surface area is 215 Å². The van der Waals surface area contributed by atoms with Crippen LogP contribution in [0.5, 0.6) is 0 Å². The smallest absolute Gasteiger partial charge is 0.193 e. The quantitative estimate of drug-likeness (QED) is 0.225. The number of hydrogen-bond donors (Lipinski definition) is 2. The van der Waals surface area contributed by atoms with Crippen molar-refractivity contribution in [2.24, 2.45) is 5.92 Å². The number of imidazole rings is 1. The Kier molecular flexibility index (Phi) is 6.07. The molecule has 6 rings (SSSR count). The zero-order valence-electron chi connectivity index (χ0n) is 20.5. The molecule has 0 radical (unpaired) electrons. The van der Waals surface area contributed by atoms with E-state index in [4.69, 9.17) is 11.4 Å². The van der Waals surface area contributed by atoms with Gasteiger partial charge in [-0.15, -0.1) is 12.3 Å². The number of rotatable bonds is 6. The monoisotopic (exact) mass is 488 g/mol. The largest absolute Gasteiger partial charge is 0.392 e. The summed E-state index contributed by atoms with van der Waals surface area (Å²) in [6.45, 7) is -0.0414. The van der Waals surface area contributed by atoms with E-state index in [0.29, 0.717) is 23.1 Å². The standard InChI is InChI=1S/C31H28N4O2/c1-2-3-20-6-14-25(15-7-20)35-28-26-16-17-32-30(26)33-18-27(28)34-31(35)24-12-10-23(11-13-24)29(37)22-8-4-21(19-36)5-9-22/h1,4-5,8-13,16-18,20,25,36H,3,6-7,14-15,19H2,(H,32,33). The third-order valence-electron chi connectivity index (χ3n) is 7.63. The predicted octanol–water partition coefficient (Wildman–Crippen LogP) is 6.06. The molecule has 1 aliphatic rings. The molecule has 0 bridgehead atoms. The van der Waals surface area contributed by atoms with E-state index in [1.807, 2.05) is 36.7 Å². The molecule has 3 aromatic heterocycles. The number of nitrogens with one attached hydrogen (secondary N) is 1. The number of aliphatic hydroxyl groups is 1. The lowest BCUT2D eigenvalue weighted by molar-refractivity contribution is 0.103. The number of aromatic nitrogens is 4. The van der Waals surface area contributed by atoms with E-state index in [2.05, 4.69) is 26.5 Å². The Balaban J connectivity index is 1.39. The van der Waals surface area contributed by atoms with E-state index in [-0.39, 0.29) is 12.4 Å². The molecule has 3 heterocycles. The highest BCUT2D eigenvalue weighted by molar-refractivity contribution is 6.09. The summed E-state index contributed by atoms with van der Waals surface area (Å²) in [5.41, 5.74) is 5.80. The van der Waals surface area contributed by atoms with Gasteiger partial charge in [0.1, 0.15) is 17.0 Å². The van der Waals surface area contributed by atoms with Crippen LogP contribution in [-0.4, -0.2) is 30.4 Å². The van der Waals surface area contributed by atoms with Gasteiger partial charge in [-0.05, 0) is 43.2 Å². The maximum Gasteiger partial charge on any atom is 0.193 e. The molecule has 1 aliphatic carbocycles. The van der Waals surface area contributed by atoms with Crippen molar-refractivity contribution in [3.8, 4) is 23.7 Å². The second-order valence-corrected chi connectivity index (χ2v) is 9.88. The van der Waals surface area contributed by atoms with Crippen molar-refractivity contribution in [3.63, 3.8) is 0 Å². The van der Waals surface area contributed by atoms with Crippen molar-refractivity contribution >= 4 is 27.9 Å². The Bertz CT molecular complexity index is 1610. The van der Waals surface area contributed by atoms with Crippen molar-refractivity contribution in [2.45, 2.75) is 44.8 Å². The van der Waals surface area contributed by atoms with Gasteiger partial charge in [-0.2, -0.15) is 0 Å². The highest BCUT2D eigenvalue weighted by atomic mass is 16.3. The van der Waals surface area contributed by atoms with Gasteiger partial charge in [0.2, 0.25) is 0 Å². The molecular weight excluding hydrogens is 460 g/mol. The zero-order chi connectivity index (χ0) is 25.4. The summed E-state index contributed by atoms with van der Waals surface area (Å²) >= 11 is 0. The fraction of sp³-hybridized carbons (Fsp3) is 0.258. The molecule has 6 nitrogen and oxygen atoms in total. The van der Waals surface area contributed by atoms with Crippen LogP contribution in [0.25, 0.3) is 33.5 Å². The summed E-state index contributed by atoms with van der Waals surface area (Å²) in [6, 6.07) is 17.2. The van der Waals surface area contributed by atoms with E-state index in [0.717, 1.165) is 71.1 Å². The topological polar surface area (TPSA) is 83.8 Å². The van der Waals surface area contributed by atoms with Gasteiger partial charge in [0.25, 0.3) is 0 Å². The molecule has 2 aromatic carbocycles. The molecular formula is C31H28N4O2. The lowest BCUT2D eigenvalue weighted by Crippen LogP contribution is -2.19. The summed E-state index contributed by atoms with van der Waals surface area (Å²) in [5, 5.41) is 10.3. The number of H-pyrrole nitrogens is 1. The second kappa shape index (κ2) is 9.68. The molecule has 0 aliphatic heterocycles. The number of terminal acetylenes is 1. The van der Waals surface area contributed by atoms with Crippen LogP contribution in [0.2, 0.25) is 0 Å². The Hall–Kier alpha value is -4.21. The van der Waals surface area contributed by atoms with E-state index >= 15 is 0 Å². The van der Waals surface area contributed by atoms with E-state index in [9.17, 15) is 9.90 Å². The first kappa shape index (κ1) is 23.2. The average Bonchev–Trinajstić information content (AvgIpc) is 3.58. The van der Waals surface area contributed by atoms with Gasteiger partial charge in [-0.25, -0.2) is 9.97 Å². The molecule has 37 heavy (non-hydrogen) atoms. The van der Waals surface area contributed by atoms with Gasteiger partial charge in [0.05, 0.1) is 18.3 Å². The maximum atomic E-state index is 13.0. The van der Waals surface area contributed by atoms with Crippen LogP contribution in [0.4, 0.5) is 0 Å². The van der Waals surface area contributed by atoms with Crippen molar-refractivity contribution in [2.75, 3.05) is 0 Å². The van der Waals surface area contributed by atoms with Crippen LogP contribution in [0, 0.1) is 18.3 Å². The Morgan fingerprint density at radius 3 is 2.41 bits per heavy atom. The normalized spacial score (nSPS) is 17.7. The highest BCUT2D eigenvalue weighted by Gasteiger charge is 2.27. The minimum absolute atomic E-state index is 0.0414. The molecule has 1 fully saturated rings. The molecule has 1 saturated carbocycles. The minimum Gasteiger partial charge on any atom is -0.392 e. The van der Waals surface area contributed by atoms with Crippen molar-refractivity contribution < 1.29 is 9.90 Å². The molecule has 0 saturated heterocycles. The predicted molar refractivity (Wildman–Crippen MR) is 145 cm³/mol. The molecule has 2 N–H and O–H groups in total. The van der Waals surface area contributed by atoms with Crippen LogP contribution in [-0.2, 0) is 6.61 Å². The first-order chi connectivity index (χ1) is 18.2. The molecule has 0 amide bonds. The molecule has 0 unspecified atom stereocenters. The number of ketones is 1. The summed E-state index contributed by atoms with van der Waals surface area (Å²) < 4.78 is 2.39. The number of hydrogen-bond acceptors (Lipinski definition) is 4. The first-order valence-electron chi connectivity index (χ1n) is 12.8. The minimum atomic E-state index is -0.0467. The van der Waals surface area contributed by atoms with Gasteiger partial charge in [0.15, 0.2) is 5.78 Å². The number of nitrogens with zero attached hydrogens (tertiary/aromatic N) is 3. The number of carbonyl (C=O) groups excluding carboxylic acids is 1. The van der Waals surface area contributed by atoms with Crippen molar-refractivity contribution in [3.05, 3.63) is 83.7 Å². The molecule has 0 spiro atoms. The van der Waals surface area contributed by atoms with Crippen molar-refractivity contribution in [1.82, 2.24) is 19.5 Å². The molecule has 0 atom stereocenters. The third kappa shape index (κ3) is 4.22. The summed E-state index contributed by atoms with van der Waals surface area (Å²) in [5.74, 6) is 4.28. The fourth-order valence-corrected chi connectivity index (χ4v) is 5.62. The van der Waals surface area contributed by atoms with Crippen LogP contribution in [0.1, 0.15) is 59.6 Å². The number of fused-ring (bicyclic) bond motifs is 3. The van der Waals surface area contributed by atoms with Crippen LogP contribution < -0.4 is 0 Å². The lowest BCUT2D eigenvalue weighted by Gasteiger charge is -2.30. The van der Waals surface area contributed by atoms with Gasteiger partial charge >= 0.3 is 0 Å². The van der Waals surface area contributed by atoms with Gasteiger partial charge in [-0.3, -0.25) is 4.79 Å². The summed E-state index contributed by atoms with van der Waals surface area (Å²) in [7, 11) is 0. The number of benzene rings is 2. The van der Waals surface area contributed by atoms with E-state index < -0.39 is 0 Å². The Morgan fingerprint density at radius 1 is 1.03 bits per heavy atom. The second-order valence-electron chi connectivity index (χ2n) is 9.88. The van der Waals surface area contributed by atoms with Crippen LogP contribution in [0.3, 0.4) is 0 Å². The third-order valence-corrected chi connectivity index (χ3v) is 7.63. The average molecular weight is 489 g/mol. The molecule has 5 aromatic rings. The summed E-state index contributed by atoms with van der Waals surface area (Å²) in [6.07, 6.45) is 14.5. The lowest BCUT2D eigenvalue weighted by atomic mass is 9.84. The van der Waals surface area contributed by atoms with Gasteiger partial charge < -0.3 is 14.7 Å². The fourth-order valence-electron chi connectivity index (χ4n) is 5.62. The number of aliphatic hydroxyl groups excluding tert-OH is 1. The molecule has 184 valence electrons. The molecule has 6 heteroatoms. The number of aromatic amines is 1. The Morgan fingerprint density at radius 2 is 1.73 bits per heavy atom. The zero-order valence-corrected chi connectivity index (χ0v) is 20.5. The number of pyridine rings is 1. The van der Waals surface area contributed by atoms with Crippen LogP contribution >= 0.6 is 0 Å². The highest BCUT2D eigenvalue weighted by Crippen LogP contribution is 2.40. The van der Waals surface area contributed by atoms with Gasteiger partial charge in [-0.1, -0.05) is 48.5 Å².